The Morgan fingerprint density at radius 2 is 1.90 bits per heavy atom. The fraction of sp³-hybridized carbons (Fsp3) is 0.375. The zero-order valence-corrected chi connectivity index (χ0v) is 13.2. The number of methoxy groups -OCH3 is 2. The maximum atomic E-state index is 5.42. The van der Waals surface area contributed by atoms with Gasteiger partial charge in [-0.25, -0.2) is 4.98 Å². The van der Waals surface area contributed by atoms with E-state index in [1.807, 2.05) is 39.1 Å². The van der Waals surface area contributed by atoms with Crippen LogP contribution in [0.4, 0.5) is 5.82 Å². The molecule has 0 aliphatic rings. The lowest BCUT2D eigenvalue weighted by Gasteiger charge is -2.21. The zero-order valence-electron chi connectivity index (χ0n) is 13.2. The second-order valence-corrected chi connectivity index (χ2v) is 4.95. The van der Waals surface area contributed by atoms with Gasteiger partial charge >= 0.3 is 0 Å². The van der Waals surface area contributed by atoms with E-state index in [9.17, 15) is 0 Å². The molecule has 21 heavy (non-hydrogen) atoms. The Morgan fingerprint density at radius 3 is 2.57 bits per heavy atom. The highest BCUT2D eigenvalue weighted by Crippen LogP contribution is 2.26. The van der Waals surface area contributed by atoms with Gasteiger partial charge in [0.15, 0.2) is 0 Å². The molecule has 0 amide bonds. The number of ether oxygens (including phenoxy) is 2. The summed E-state index contributed by atoms with van der Waals surface area (Å²) in [6.45, 7) is 4.57. The van der Waals surface area contributed by atoms with Crippen LogP contribution in [0.15, 0.2) is 24.4 Å². The van der Waals surface area contributed by atoms with Crippen LogP contribution < -0.4 is 14.4 Å². The van der Waals surface area contributed by atoms with Crippen LogP contribution in [0.5, 0.6) is 11.5 Å². The van der Waals surface area contributed by atoms with Crippen molar-refractivity contribution >= 4 is 5.82 Å². The van der Waals surface area contributed by atoms with Gasteiger partial charge in [-0.2, -0.15) is 0 Å². The van der Waals surface area contributed by atoms with Gasteiger partial charge in [0.25, 0.3) is 0 Å². The fourth-order valence-corrected chi connectivity index (χ4v) is 2.22. The minimum atomic E-state index is 0.666. The lowest BCUT2D eigenvalue weighted by Crippen LogP contribution is -2.20. The van der Waals surface area contributed by atoms with E-state index in [2.05, 4.69) is 14.9 Å². The monoisotopic (exact) mass is 287 g/mol. The highest BCUT2D eigenvalue weighted by molar-refractivity contribution is 5.47. The predicted molar refractivity (Wildman–Crippen MR) is 83.2 cm³/mol. The van der Waals surface area contributed by atoms with Crippen LogP contribution in [-0.4, -0.2) is 31.2 Å². The number of aromatic nitrogens is 2. The number of anilines is 1. The molecule has 0 bridgehead atoms. The molecule has 1 aromatic heterocycles. The molecule has 5 heteroatoms. The summed E-state index contributed by atoms with van der Waals surface area (Å²) in [5.41, 5.74) is 2.85. The number of nitrogens with zero attached hydrogens (tertiary/aromatic N) is 3. The van der Waals surface area contributed by atoms with Crippen molar-refractivity contribution in [3.63, 3.8) is 0 Å². The summed E-state index contributed by atoms with van der Waals surface area (Å²) in [5, 5.41) is 0. The molecule has 112 valence electrons. The van der Waals surface area contributed by atoms with E-state index in [4.69, 9.17) is 9.47 Å². The van der Waals surface area contributed by atoms with Crippen molar-refractivity contribution in [1.29, 1.82) is 0 Å². The molecule has 0 unspecified atom stereocenters. The van der Waals surface area contributed by atoms with Crippen LogP contribution in [-0.2, 0) is 6.54 Å². The lowest BCUT2D eigenvalue weighted by atomic mass is 10.1. The van der Waals surface area contributed by atoms with Gasteiger partial charge in [-0.15, -0.1) is 0 Å². The van der Waals surface area contributed by atoms with Crippen LogP contribution in [0, 0.1) is 13.8 Å². The Balaban J connectivity index is 2.30. The molecule has 0 aliphatic carbocycles. The molecule has 0 radical (unpaired) electrons. The van der Waals surface area contributed by atoms with E-state index in [-0.39, 0.29) is 0 Å². The summed E-state index contributed by atoms with van der Waals surface area (Å²) in [6.07, 6.45) is 1.78. The summed E-state index contributed by atoms with van der Waals surface area (Å²) in [7, 11) is 5.32. The number of aryl methyl sites for hydroxylation is 2. The Kier molecular flexibility index (Phi) is 4.62. The van der Waals surface area contributed by atoms with Gasteiger partial charge in [0.1, 0.15) is 17.3 Å². The first-order valence-corrected chi connectivity index (χ1v) is 6.77. The van der Waals surface area contributed by atoms with Crippen molar-refractivity contribution in [2.75, 3.05) is 26.2 Å². The minimum absolute atomic E-state index is 0.666. The standard InChI is InChI=1S/C16H21N3O2/c1-11-9-17-12(2)16(18-11)19(3)10-13-8-14(20-4)6-7-15(13)21-5/h6-9H,10H2,1-5H3. The molecule has 5 nitrogen and oxygen atoms in total. The third-order valence-electron chi connectivity index (χ3n) is 3.31. The number of hydrogen-bond donors (Lipinski definition) is 0. The zero-order chi connectivity index (χ0) is 15.4. The second kappa shape index (κ2) is 6.43. The molecule has 0 aliphatic heterocycles. The Bertz CT molecular complexity index is 629. The minimum Gasteiger partial charge on any atom is -0.497 e. The molecule has 0 fully saturated rings. The topological polar surface area (TPSA) is 47.5 Å². The van der Waals surface area contributed by atoms with E-state index in [0.29, 0.717) is 6.54 Å². The van der Waals surface area contributed by atoms with Crippen molar-refractivity contribution in [2.24, 2.45) is 0 Å². The predicted octanol–water partition coefficient (Wildman–Crippen LogP) is 2.75. The number of rotatable bonds is 5. The van der Waals surface area contributed by atoms with Crippen LogP contribution >= 0.6 is 0 Å². The fourth-order valence-electron chi connectivity index (χ4n) is 2.22. The molecule has 2 rings (SSSR count). The molecule has 1 aromatic carbocycles. The largest absolute Gasteiger partial charge is 0.497 e. The van der Waals surface area contributed by atoms with Gasteiger partial charge in [0, 0.05) is 25.4 Å². The van der Waals surface area contributed by atoms with Crippen molar-refractivity contribution in [3.8, 4) is 11.5 Å². The highest BCUT2D eigenvalue weighted by atomic mass is 16.5. The van der Waals surface area contributed by atoms with E-state index in [1.54, 1.807) is 20.4 Å². The molecule has 0 spiro atoms. The summed E-state index contributed by atoms with van der Waals surface area (Å²) in [6, 6.07) is 5.78. The molecule has 2 aromatic rings. The van der Waals surface area contributed by atoms with Crippen molar-refractivity contribution in [3.05, 3.63) is 41.3 Å². The van der Waals surface area contributed by atoms with Crippen molar-refractivity contribution < 1.29 is 9.47 Å². The number of hydrogen-bond acceptors (Lipinski definition) is 5. The summed E-state index contributed by atoms with van der Waals surface area (Å²) >= 11 is 0. The molecule has 0 N–H and O–H groups in total. The third-order valence-corrected chi connectivity index (χ3v) is 3.31. The molecular weight excluding hydrogens is 266 g/mol. The highest BCUT2D eigenvalue weighted by Gasteiger charge is 2.12. The Morgan fingerprint density at radius 1 is 1.14 bits per heavy atom. The van der Waals surface area contributed by atoms with E-state index < -0.39 is 0 Å². The SMILES string of the molecule is COc1ccc(OC)c(CN(C)c2nc(C)cnc2C)c1. The van der Waals surface area contributed by atoms with Gasteiger partial charge in [-0.3, -0.25) is 4.98 Å². The summed E-state index contributed by atoms with van der Waals surface area (Å²) in [5.74, 6) is 2.52. The Labute approximate surface area is 125 Å². The van der Waals surface area contributed by atoms with Crippen LogP contribution in [0.3, 0.4) is 0 Å². The van der Waals surface area contributed by atoms with Gasteiger partial charge in [0.05, 0.1) is 25.6 Å². The molecule has 0 atom stereocenters. The number of benzene rings is 1. The summed E-state index contributed by atoms with van der Waals surface area (Å²) in [4.78, 5) is 11.0. The van der Waals surface area contributed by atoms with Crippen molar-refractivity contribution in [1.82, 2.24) is 9.97 Å². The first-order valence-electron chi connectivity index (χ1n) is 6.77. The molecule has 0 saturated heterocycles. The second-order valence-electron chi connectivity index (χ2n) is 4.95. The molecule has 1 heterocycles. The van der Waals surface area contributed by atoms with Gasteiger partial charge in [-0.1, -0.05) is 0 Å². The first kappa shape index (κ1) is 15.1. The van der Waals surface area contributed by atoms with Gasteiger partial charge < -0.3 is 14.4 Å². The van der Waals surface area contributed by atoms with Crippen LogP contribution in [0.2, 0.25) is 0 Å². The third kappa shape index (κ3) is 3.42. The average Bonchev–Trinajstić information content (AvgIpc) is 2.49. The van der Waals surface area contributed by atoms with E-state index in [0.717, 1.165) is 34.3 Å². The maximum absolute atomic E-state index is 5.42. The Hall–Kier alpha value is -2.30. The lowest BCUT2D eigenvalue weighted by molar-refractivity contribution is 0.398. The average molecular weight is 287 g/mol. The summed E-state index contributed by atoms with van der Waals surface area (Å²) < 4.78 is 10.7. The normalized spacial score (nSPS) is 10.3. The van der Waals surface area contributed by atoms with E-state index in [1.165, 1.54) is 0 Å². The van der Waals surface area contributed by atoms with Gasteiger partial charge in [-0.05, 0) is 32.0 Å². The quantitative estimate of drug-likeness (QED) is 0.846. The first-order chi connectivity index (χ1) is 10.0. The van der Waals surface area contributed by atoms with Crippen molar-refractivity contribution in [2.45, 2.75) is 20.4 Å². The van der Waals surface area contributed by atoms with E-state index >= 15 is 0 Å². The van der Waals surface area contributed by atoms with Crippen LogP contribution in [0.25, 0.3) is 0 Å². The van der Waals surface area contributed by atoms with Gasteiger partial charge in [0.2, 0.25) is 0 Å². The molecular formula is C16H21N3O2. The van der Waals surface area contributed by atoms with Crippen LogP contribution in [0.1, 0.15) is 17.0 Å². The maximum Gasteiger partial charge on any atom is 0.150 e. The smallest absolute Gasteiger partial charge is 0.150 e. The molecule has 0 saturated carbocycles.